The van der Waals surface area contributed by atoms with Gasteiger partial charge in [0.2, 0.25) is 5.91 Å². The van der Waals surface area contributed by atoms with Gasteiger partial charge in [0.25, 0.3) is 0 Å². The highest BCUT2D eigenvalue weighted by molar-refractivity contribution is 5.76. The van der Waals surface area contributed by atoms with Gasteiger partial charge in [0.1, 0.15) is 11.9 Å². The maximum Gasteiger partial charge on any atom is 0.316 e. The maximum atomic E-state index is 12.5. The molecule has 1 aromatic carbocycles. The number of benzene rings is 1. The molecule has 6 heteroatoms. The van der Waals surface area contributed by atoms with Crippen molar-refractivity contribution in [3.63, 3.8) is 0 Å². The van der Waals surface area contributed by atoms with E-state index in [4.69, 9.17) is 9.47 Å². The molecule has 1 unspecified atom stereocenters. The molecule has 2 heterocycles. The Hall–Kier alpha value is -2.63. The van der Waals surface area contributed by atoms with E-state index in [0.29, 0.717) is 19.0 Å². The molecule has 1 aliphatic heterocycles. The van der Waals surface area contributed by atoms with Gasteiger partial charge >= 0.3 is 6.01 Å². The number of ether oxygens (including phenoxy) is 2. The molecule has 0 N–H and O–H groups in total. The van der Waals surface area contributed by atoms with Crippen LogP contribution in [0.3, 0.4) is 0 Å². The zero-order valence-corrected chi connectivity index (χ0v) is 14.4. The lowest BCUT2D eigenvalue weighted by Gasteiger charge is -2.32. The molecule has 3 rings (SSSR count). The average molecular weight is 341 g/mol. The lowest BCUT2D eigenvalue weighted by molar-refractivity contribution is -0.133. The van der Waals surface area contributed by atoms with E-state index in [1.165, 1.54) is 0 Å². The summed E-state index contributed by atoms with van der Waals surface area (Å²) in [7, 11) is 1.65. The number of methoxy groups -OCH3 is 1. The summed E-state index contributed by atoms with van der Waals surface area (Å²) in [5, 5.41) is 0. The molecule has 0 saturated carbocycles. The molecule has 1 amide bonds. The first-order valence-corrected chi connectivity index (χ1v) is 8.59. The molecule has 1 aromatic heterocycles. The Morgan fingerprint density at radius 1 is 1.24 bits per heavy atom. The number of aryl methyl sites for hydroxylation is 1. The fourth-order valence-corrected chi connectivity index (χ4v) is 2.96. The Balaban J connectivity index is 1.49. The number of hydrogen-bond donors (Lipinski definition) is 0. The highest BCUT2D eigenvalue weighted by Crippen LogP contribution is 2.17. The number of nitrogens with zero attached hydrogens (tertiary/aromatic N) is 3. The second-order valence-corrected chi connectivity index (χ2v) is 6.10. The molecule has 1 aliphatic rings. The maximum absolute atomic E-state index is 12.5. The number of amides is 1. The van der Waals surface area contributed by atoms with Gasteiger partial charge in [0.05, 0.1) is 13.7 Å². The number of carbonyl (C=O) groups excluding carboxylic acids is 1. The lowest BCUT2D eigenvalue weighted by atomic mass is 10.1. The largest absolute Gasteiger partial charge is 0.497 e. The van der Waals surface area contributed by atoms with Gasteiger partial charge in [0, 0.05) is 25.4 Å². The molecule has 0 spiro atoms. The third-order valence-electron chi connectivity index (χ3n) is 4.33. The summed E-state index contributed by atoms with van der Waals surface area (Å²) in [6.45, 7) is 1.39. The zero-order chi connectivity index (χ0) is 17.5. The fourth-order valence-electron chi connectivity index (χ4n) is 2.96. The Morgan fingerprint density at radius 3 is 2.72 bits per heavy atom. The molecule has 132 valence electrons. The van der Waals surface area contributed by atoms with Gasteiger partial charge in [-0.1, -0.05) is 12.1 Å². The highest BCUT2D eigenvalue weighted by atomic mass is 16.5. The Labute approximate surface area is 147 Å². The molecule has 6 nitrogen and oxygen atoms in total. The Morgan fingerprint density at radius 2 is 2.00 bits per heavy atom. The van der Waals surface area contributed by atoms with E-state index < -0.39 is 0 Å². The van der Waals surface area contributed by atoms with Crippen LogP contribution in [0.2, 0.25) is 0 Å². The Kier molecular flexibility index (Phi) is 5.82. The van der Waals surface area contributed by atoms with Crippen LogP contribution in [0.5, 0.6) is 11.8 Å². The smallest absolute Gasteiger partial charge is 0.316 e. The minimum Gasteiger partial charge on any atom is -0.497 e. The topological polar surface area (TPSA) is 64.5 Å². The third-order valence-corrected chi connectivity index (χ3v) is 4.33. The summed E-state index contributed by atoms with van der Waals surface area (Å²) >= 11 is 0. The average Bonchev–Trinajstić information content (AvgIpc) is 2.67. The summed E-state index contributed by atoms with van der Waals surface area (Å²) in [5.74, 6) is 0.993. The van der Waals surface area contributed by atoms with E-state index in [0.717, 1.165) is 37.1 Å². The van der Waals surface area contributed by atoms with Crippen molar-refractivity contribution >= 4 is 5.91 Å². The Bertz CT molecular complexity index is 676. The van der Waals surface area contributed by atoms with Gasteiger partial charge in [-0.3, -0.25) is 4.79 Å². The second kappa shape index (κ2) is 8.46. The number of likely N-dealkylation sites (tertiary alicyclic amines) is 1. The quantitative estimate of drug-likeness (QED) is 0.808. The summed E-state index contributed by atoms with van der Waals surface area (Å²) in [6.07, 6.45) is 6.35. The monoisotopic (exact) mass is 341 g/mol. The van der Waals surface area contributed by atoms with E-state index in [-0.39, 0.29) is 12.0 Å². The van der Waals surface area contributed by atoms with Crippen molar-refractivity contribution in [3.8, 4) is 11.8 Å². The number of rotatable bonds is 6. The van der Waals surface area contributed by atoms with Crippen LogP contribution < -0.4 is 9.47 Å². The van der Waals surface area contributed by atoms with Crippen LogP contribution in [0.4, 0.5) is 0 Å². The van der Waals surface area contributed by atoms with Crippen LogP contribution in [-0.4, -0.2) is 47.1 Å². The lowest BCUT2D eigenvalue weighted by Crippen LogP contribution is -2.44. The van der Waals surface area contributed by atoms with Gasteiger partial charge in [-0.2, -0.15) is 0 Å². The van der Waals surface area contributed by atoms with E-state index in [2.05, 4.69) is 9.97 Å². The normalized spacial score (nSPS) is 17.2. The molecule has 0 radical (unpaired) electrons. The number of hydrogen-bond acceptors (Lipinski definition) is 5. The predicted molar refractivity (Wildman–Crippen MR) is 93.6 cm³/mol. The molecular weight excluding hydrogens is 318 g/mol. The van der Waals surface area contributed by atoms with Crippen LogP contribution in [0, 0.1) is 0 Å². The summed E-state index contributed by atoms with van der Waals surface area (Å²) in [4.78, 5) is 22.6. The second-order valence-electron chi connectivity index (χ2n) is 6.10. The van der Waals surface area contributed by atoms with E-state index in [9.17, 15) is 4.79 Å². The first kappa shape index (κ1) is 17.2. The summed E-state index contributed by atoms with van der Waals surface area (Å²) < 4.78 is 10.9. The van der Waals surface area contributed by atoms with Crippen LogP contribution in [0.1, 0.15) is 24.8 Å². The SMILES string of the molecule is COc1ccc(CCC(=O)N2CCCC(Oc3ncccn3)C2)cc1. The molecule has 2 aromatic rings. The standard InChI is InChI=1S/C19H23N3O3/c1-24-16-8-5-15(6-9-16)7-10-18(23)22-13-2-4-17(14-22)25-19-20-11-3-12-21-19/h3,5-6,8-9,11-12,17H,2,4,7,10,13-14H2,1H3. The van der Waals surface area contributed by atoms with Gasteiger partial charge in [-0.15, -0.1) is 0 Å². The molecule has 0 aliphatic carbocycles. The van der Waals surface area contributed by atoms with Crippen LogP contribution in [-0.2, 0) is 11.2 Å². The molecule has 0 bridgehead atoms. The number of aromatic nitrogens is 2. The van der Waals surface area contributed by atoms with Crippen molar-refractivity contribution < 1.29 is 14.3 Å². The van der Waals surface area contributed by atoms with Crippen molar-refractivity contribution in [2.75, 3.05) is 20.2 Å². The summed E-state index contributed by atoms with van der Waals surface area (Å²) in [5.41, 5.74) is 1.14. The van der Waals surface area contributed by atoms with Gasteiger partial charge < -0.3 is 14.4 Å². The van der Waals surface area contributed by atoms with Crippen LogP contribution >= 0.6 is 0 Å². The highest BCUT2D eigenvalue weighted by Gasteiger charge is 2.25. The van der Waals surface area contributed by atoms with E-state index in [1.54, 1.807) is 25.6 Å². The van der Waals surface area contributed by atoms with Crippen LogP contribution in [0.25, 0.3) is 0 Å². The van der Waals surface area contributed by atoms with Crippen molar-refractivity contribution in [1.29, 1.82) is 0 Å². The van der Waals surface area contributed by atoms with Gasteiger partial charge in [-0.25, -0.2) is 9.97 Å². The molecule has 1 fully saturated rings. The number of piperidine rings is 1. The first-order valence-electron chi connectivity index (χ1n) is 8.59. The van der Waals surface area contributed by atoms with Crippen molar-refractivity contribution in [1.82, 2.24) is 14.9 Å². The van der Waals surface area contributed by atoms with Crippen molar-refractivity contribution in [2.24, 2.45) is 0 Å². The number of carbonyl (C=O) groups is 1. The third kappa shape index (κ3) is 4.92. The molecule has 1 atom stereocenters. The predicted octanol–water partition coefficient (Wildman–Crippen LogP) is 2.49. The first-order chi connectivity index (χ1) is 12.2. The van der Waals surface area contributed by atoms with Crippen molar-refractivity contribution in [3.05, 3.63) is 48.3 Å². The van der Waals surface area contributed by atoms with Gasteiger partial charge in [-0.05, 0) is 43.0 Å². The van der Waals surface area contributed by atoms with E-state index >= 15 is 0 Å². The fraction of sp³-hybridized carbons (Fsp3) is 0.421. The molecular formula is C19H23N3O3. The zero-order valence-electron chi connectivity index (χ0n) is 14.4. The van der Waals surface area contributed by atoms with Gasteiger partial charge in [0.15, 0.2) is 0 Å². The van der Waals surface area contributed by atoms with Crippen molar-refractivity contribution in [2.45, 2.75) is 31.8 Å². The molecule has 1 saturated heterocycles. The molecule has 25 heavy (non-hydrogen) atoms. The van der Waals surface area contributed by atoms with Crippen LogP contribution in [0.15, 0.2) is 42.7 Å². The summed E-state index contributed by atoms with van der Waals surface area (Å²) in [6, 6.07) is 9.97. The minimum atomic E-state index is -0.0407. The van der Waals surface area contributed by atoms with E-state index in [1.807, 2.05) is 29.2 Å². The minimum absolute atomic E-state index is 0.0407.